The second-order valence-corrected chi connectivity index (χ2v) is 5.58. The third-order valence-corrected chi connectivity index (χ3v) is 3.64. The molecule has 4 nitrogen and oxygen atoms in total. The predicted octanol–water partition coefficient (Wildman–Crippen LogP) is 2.73. The summed E-state index contributed by atoms with van der Waals surface area (Å²) in [5.74, 6) is 0.502. The molecule has 0 bridgehead atoms. The third kappa shape index (κ3) is 3.10. The van der Waals surface area contributed by atoms with Gasteiger partial charge in [-0.05, 0) is 22.0 Å². The summed E-state index contributed by atoms with van der Waals surface area (Å²) in [7, 11) is 1.53. The number of halogens is 1. The molecule has 6 heteroatoms. The van der Waals surface area contributed by atoms with Gasteiger partial charge in [-0.25, -0.2) is 9.97 Å². The molecule has 0 amide bonds. The Morgan fingerprint density at radius 1 is 1.47 bits per heavy atom. The Hall–Kier alpha value is -1.27. The number of aromatic nitrogens is 2. The minimum atomic E-state index is 0.0349. The largest absolute Gasteiger partial charge is 0.481 e. The Morgan fingerprint density at radius 3 is 2.94 bits per heavy atom. The van der Waals surface area contributed by atoms with Crippen molar-refractivity contribution in [3.8, 4) is 5.88 Å². The van der Waals surface area contributed by atoms with Crippen LogP contribution >= 0.6 is 27.3 Å². The van der Waals surface area contributed by atoms with Crippen LogP contribution in [0.4, 0.5) is 0 Å². The molecule has 0 radical (unpaired) electrons. The van der Waals surface area contributed by atoms with Crippen molar-refractivity contribution in [3.63, 3.8) is 0 Å². The monoisotopic (exact) mass is 312 g/mol. The van der Waals surface area contributed by atoms with Crippen molar-refractivity contribution in [2.24, 2.45) is 0 Å². The van der Waals surface area contributed by atoms with Gasteiger partial charge in [0.15, 0.2) is 5.78 Å². The first-order chi connectivity index (χ1) is 8.19. The smallest absolute Gasteiger partial charge is 0.216 e. The lowest BCUT2D eigenvalue weighted by Gasteiger charge is -2.01. The Kier molecular flexibility index (Phi) is 3.86. The lowest BCUT2D eigenvalue weighted by atomic mass is 10.1. The maximum absolute atomic E-state index is 11.9. The first-order valence-electron chi connectivity index (χ1n) is 4.81. The average molecular weight is 313 g/mol. The zero-order valence-corrected chi connectivity index (χ0v) is 11.4. The summed E-state index contributed by atoms with van der Waals surface area (Å²) in [4.78, 5) is 19.8. The first-order valence-corrected chi connectivity index (χ1v) is 6.48. The molecule has 0 aromatic carbocycles. The number of ether oxygens (including phenoxy) is 1. The normalized spacial score (nSPS) is 10.2. The molecular weight excluding hydrogens is 304 g/mol. The van der Waals surface area contributed by atoms with Gasteiger partial charge in [-0.3, -0.25) is 4.79 Å². The first kappa shape index (κ1) is 12.2. The van der Waals surface area contributed by atoms with Gasteiger partial charge in [-0.15, -0.1) is 11.3 Å². The van der Waals surface area contributed by atoms with E-state index in [1.165, 1.54) is 24.8 Å². The molecule has 0 unspecified atom stereocenters. The van der Waals surface area contributed by atoms with Crippen LogP contribution in [0.2, 0.25) is 0 Å². The van der Waals surface area contributed by atoms with E-state index in [0.29, 0.717) is 17.1 Å². The number of methoxy groups -OCH3 is 1. The molecule has 2 aromatic rings. The van der Waals surface area contributed by atoms with Crippen LogP contribution < -0.4 is 4.74 Å². The van der Waals surface area contributed by atoms with Crippen LogP contribution in [0.15, 0.2) is 27.6 Å². The molecule has 0 saturated carbocycles. The molecule has 0 N–H and O–H groups in total. The van der Waals surface area contributed by atoms with Crippen LogP contribution in [0.1, 0.15) is 16.1 Å². The summed E-state index contributed by atoms with van der Waals surface area (Å²) in [6.45, 7) is 0. The quantitative estimate of drug-likeness (QED) is 0.815. The van der Waals surface area contributed by atoms with Crippen LogP contribution in [0, 0.1) is 0 Å². The summed E-state index contributed by atoms with van der Waals surface area (Å²) in [5.41, 5.74) is 1.35. The predicted molar refractivity (Wildman–Crippen MR) is 68.6 cm³/mol. The number of carbonyl (C=O) groups is 1. The summed E-state index contributed by atoms with van der Waals surface area (Å²) in [6.07, 6.45) is 1.65. The molecule has 2 aromatic heterocycles. The highest BCUT2D eigenvalue weighted by molar-refractivity contribution is 9.11. The number of hydrogen-bond acceptors (Lipinski definition) is 5. The molecule has 0 aliphatic rings. The van der Waals surface area contributed by atoms with Gasteiger partial charge in [-0.1, -0.05) is 0 Å². The topological polar surface area (TPSA) is 52.1 Å². The van der Waals surface area contributed by atoms with Gasteiger partial charge in [0.25, 0.3) is 0 Å². The number of hydrogen-bond donors (Lipinski definition) is 0. The Morgan fingerprint density at radius 2 is 2.29 bits per heavy atom. The maximum atomic E-state index is 11.9. The minimum Gasteiger partial charge on any atom is -0.481 e. The highest BCUT2D eigenvalue weighted by atomic mass is 79.9. The number of nitrogens with zero attached hydrogens (tertiary/aromatic N) is 2. The number of rotatable bonds is 4. The van der Waals surface area contributed by atoms with Gasteiger partial charge in [0, 0.05) is 17.0 Å². The van der Waals surface area contributed by atoms with E-state index in [2.05, 4.69) is 25.9 Å². The molecule has 17 heavy (non-hydrogen) atoms. The zero-order chi connectivity index (χ0) is 12.3. The van der Waals surface area contributed by atoms with E-state index in [1.807, 2.05) is 11.4 Å². The fraction of sp³-hybridized carbons (Fsp3) is 0.182. The number of carbonyl (C=O) groups excluding carboxylic acids is 1. The van der Waals surface area contributed by atoms with Crippen molar-refractivity contribution in [1.29, 1.82) is 0 Å². The van der Waals surface area contributed by atoms with Crippen LogP contribution in [-0.4, -0.2) is 22.9 Å². The van der Waals surface area contributed by atoms with Crippen molar-refractivity contribution < 1.29 is 9.53 Å². The fourth-order valence-corrected chi connectivity index (χ4v) is 2.47. The van der Waals surface area contributed by atoms with Crippen molar-refractivity contribution in [3.05, 3.63) is 38.9 Å². The molecular formula is C11H9BrN2O2S. The van der Waals surface area contributed by atoms with E-state index in [4.69, 9.17) is 4.74 Å². The van der Waals surface area contributed by atoms with Crippen molar-refractivity contribution in [1.82, 2.24) is 9.97 Å². The average Bonchev–Trinajstić information content (AvgIpc) is 2.76. The molecule has 0 aliphatic carbocycles. The fourth-order valence-electron chi connectivity index (χ4n) is 1.31. The van der Waals surface area contributed by atoms with Gasteiger partial charge in [0.05, 0.1) is 23.0 Å². The second-order valence-electron chi connectivity index (χ2n) is 3.29. The van der Waals surface area contributed by atoms with Gasteiger partial charge in [0.1, 0.15) is 6.33 Å². The Labute approximate surface area is 111 Å². The van der Waals surface area contributed by atoms with Crippen molar-refractivity contribution in [2.45, 2.75) is 6.42 Å². The van der Waals surface area contributed by atoms with Crippen LogP contribution in [-0.2, 0) is 6.42 Å². The van der Waals surface area contributed by atoms with Crippen molar-refractivity contribution in [2.75, 3.05) is 7.11 Å². The van der Waals surface area contributed by atoms with E-state index in [1.54, 1.807) is 6.07 Å². The molecule has 2 rings (SSSR count). The molecule has 0 fully saturated rings. The van der Waals surface area contributed by atoms with Crippen LogP contribution in [0.25, 0.3) is 0 Å². The highest BCUT2D eigenvalue weighted by Crippen LogP contribution is 2.21. The molecule has 0 spiro atoms. The Balaban J connectivity index is 2.12. The van der Waals surface area contributed by atoms with E-state index < -0.39 is 0 Å². The summed E-state index contributed by atoms with van der Waals surface area (Å²) >= 11 is 4.82. The maximum Gasteiger partial charge on any atom is 0.216 e. The minimum absolute atomic E-state index is 0.0349. The standard InChI is InChI=1S/C11H9BrN2O2S/c1-16-11-4-8(13-6-14-11)3-9(15)7-2-10(12)17-5-7/h2,4-6H,3H2,1H3. The molecule has 0 aliphatic heterocycles. The second kappa shape index (κ2) is 5.37. The number of ketones is 1. The molecule has 0 atom stereocenters. The van der Waals surface area contributed by atoms with Gasteiger partial charge in [-0.2, -0.15) is 0 Å². The lowest BCUT2D eigenvalue weighted by Crippen LogP contribution is -2.04. The Bertz CT molecular complexity index is 542. The summed E-state index contributed by atoms with van der Waals surface area (Å²) < 4.78 is 5.92. The van der Waals surface area contributed by atoms with Crippen molar-refractivity contribution >= 4 is 33.0 Å². The van der Waals surface area contributed by atoms with Crippen LogP contribution in [0.5, 0.6) is 5.88 Å². The SMILES string of the molecule is COc1cc(CC(=O)c2csc(Br)c2)ncn1. The van der Waals surface area contributed by atoms with Gasteiger partial charge < -0.3 is 4.74 Å². The van der Waals surface area contributed by atoms with E-state index in [-0.39, 0.29) is 12.2 Å². The van der Waals surface area contributed by atoms with Crippen LogP contribution in [0.3, 0.4) is 0 Å². The van der Waals surface area contributed by atoms with E-state index in [9.17, 15) is 4.79 Å². The van der Waals surface area contributed by atoms with E-state index in [0.717, 1.165) is 3.79 Å². The summed E-state index contributed by atoms with van der Waals surface area (Å²) in [5, 5.41) is 1.82. The zero-order valence-electron chi connectivity index (χ0n) is 9.01. The molecule has 2 heterocycles. The third-order valence-electron chi connectivity index (χ3n) is 2.14. The van der Waals surface area contributed by atoms with Gasteiger partial charge >= 0.3 is 0 Å². The number of thiophene rings is 1. The lowest BCUT2D eigenvalue weighted by molar-refractivity contribution is 0.0992. The van der Waals surface area contributed by atoms with Gasteiger partial charge in [0.2, 0.25) is 5.88 Å². The highest BCUT2D eigenvalue weighted by Gasteiger charge is 2.10. The molecule has 88 valence electrons. The number of Topliss-reactive ketones (excluding diaryl/α,β-unsaturated/α-hetero) is 1. The van der Waals surface area contributed by atoms with E-state index >= 15 is 0 Å². The molecule has 0 saturated heterocycles. The summed E-state index contributed by atoms with van der Waals surface area (Å²) in [6, 6.07) is 3.48.